The minimum atomic E-state index is -0.00878. The molecule has 3 aromatic carbocycles. The molecule has 0 atom stereocenters. The van der Waals surface area contributed by atoms with E-state index in [2.05, 4.69) is 18.2 Å². The van der Waals surface area contributed by atoms with Gasteiger partial charge in [0, 0.05) is 19.5 Å². The van der Waals surface area contributed by atoms with Gasteiger partial charge in [0.25, 0.3) is 5.91 Å². The van der Waals surface area contributed by atoms with E-state index in [-0.39, 0.29) is 18.3 Å². The maximum Gasteiger partial charge on any atom is 0.260 e. The predicted molar refractivity (Wildman–Crippen MR) is 118 cm³/mol. The Labute approximate surface area is 177 Å². The molecular formula is C26H25NO3. The quantitative estimate of drug-likeness (QED) is 0.655. The van der Waals surface area contributed by atoms with Gasteiger partial charge in [-0.1, -0.05) is 66.7 Å². The number of hydrogen-bond donors (Lipinski definition) is 1. The Kier molecular flexibility index (Phi) is 6.14. The Balaban J connectivity index is 1.35. The van der Waals surface area contributed by atoms with E-state index in [1.54, 1.807) is 12.1 Å². The van der Waals surface area contributed by atoms with Gasteiger partial charge in [0.05, 0.1) is 0 Å². The van der Waals surface area contributed by atoms with E-state index < -0.39 is 0 Å². The molecule has 152 valence electrons. The van der Waals surface area contributed by atoms with Gasteiger partial charge in [-0.15, -0.1) is 0 Å². The summed E-state index contributed by atoms with van der Waals surface area (Å²) in [6.45, 7) is 1.28. The molecule has 0 aliphatic carbocycles. The van der Waals surface area contributed by atoms with E-state index >= 15 is 0 Å². The molecule has 1 N–H and O–H groups in total. The SMILES string of the molecule is O=C(COc1ccccc1Cc1ccccc1)N1CC=C(c2ccc(O)cc2)CC1. The zero-order valence-corrected chi connectivity index (χ0v) is 16.8. The molecule has 0 unspecified atom stereocenters. The van der Waals surface area contributed by atoms with Crippen LogP contribution in [0.25, 0.3) is 5.57 Å². The molecule has 4 heteroatoms. The summed E-state index contributed by atoms with van der Waals surface area (Å²) in [7, 11) is 0. The normalized spacial score (nSPS) is 13.6. The molecule has 0 saturated heterocycles. The summed E-state index contributed by atoms with van der Waals surface area (Å²) >= 11 is 0. The summed E-state index contributed by atoms with van der Waals surface area (Å²) in [6, 6.07) is 25.3. The lowest BCUT2D eigenvalue weighted by atomic mass is 9.99. The van der Waals surface area contributed by atoms with Gasteiger partial charge in [-0.2, -0.15) is 0 Å². The fourth-order valence-corrected chi connectivity index (χ4v) is 3.67. The Morgan fingerprint density at radius 2 is 1.67 bits per heavy atom. The standard InChI is InChI=1S/C26H25NO3/c28-24-12-10-21(11-13-24)22-14-16-27(17-15-22)26(29)19-30-25-9-5-4-8-23(25)18-20-6-2-1-3-7-20/h1-14,28H,15-19H2. The van der Waals surface area contributed by atoms with Crippen molar-refractivity contribution in [2.75, 3.05) is 19.7 Å². The molecule has 1 heterocycles. The molecule has 4 rings (SSSR count). The number of phenols is 1. The summed E-state index contributed by atoms with van der Waals surface area (Å²) in [4.78, 5) is 14.5. The van der Waals surface area contributed by atoms with Crippen molar-refractivity contribution in [1.82, 2.24) is 4.90 Å². The van der Waals surface area contributed by atoms with Crippen LogP contribution in [-0.2, 0) is 11.2 Å². The number of aromatic hydroxyl groups is 1. The van der Waals surface area contributed by atoms with Crippen LogP contribution in [0.15, 0.2) is 84.9 Å². The van der Waals surface area contributed by atoms with E-state index in [4.69, 9.17) is 4.74 Å². The minimum absolute atomic E-state index is 0.00878. The van der Waals surface area contributed by atoms with Gasteiger partial charge in [-0.05, 0) is 46.9 Å². The van der Waals surface area contributed by atoms with Crippen molar-refractivity contribution < 1.29 is 14.6 Å². The first-order chi connectivity index (χ1) is 14.7. The van der Waals surface area contributed by atoms with Crippen molar-refractivity contribution in [2.24, 2.45) is 0 Å². The van der Waals surface area contributed by atoms with Crippen LogP contribution >= 0.6 is 0 Å². The minimum Gasteiger partial charge on any atom is -0.508 e. The van der Waals surface area contributed by atoms with Crippen molar-refractivity contribution in [1.29, 1.82) is 0 Å². The highest BCUT2D eigenvalue weighted by atomic mass is 16.5. The molecule has 1 aliphatic rings. The average molecular weight is 399 g/mol. The number of carbonyl (C=O) groups excluding carboxylic acids is 1. The van der Waals surface area contributed by atoms with Gasteiger partial charge in [0.2, 0.25) is 0 Å². The largest absolute Gasteiger partial charge is 0.508 e. The molecule has 30 heavy (non-hydrogen) atoms. The van der Waals surface area contributed by atoms with Crippen molar-refractivity contribution in [3.63, 3.8) is 0 Å². The fraction of sp³-hybridized carbons (Fsp3) is 0.192. The van der Waals surface area contributed by atoms with Crippen molar-refractivity contribution in [2.45, 2.75) is 12.8 Å². The van der Waals surface area contributed by atoms with Gasteiger partial charge in [0.1, 0.15) is 11.5 Å². The molecule has 4 nitrogen and oxygen atoms in total. The maximum absolute atomic E-state index is 12.7. The number of carbonyl (C=O) groups is 1. The van der Waals surface area contributed by atoms with Crippen LogP contribution < -0.4 is 4.74 Å². The second-order valence-electron chi connectivity index (χ2n) is 7.42. The number of nitrogens with zero attached hydrogens (tertiary/aromatic N) is 1. The molecule has 1 aliphatic heterocycles. The van der Waals surface area contributed by atoms with Crippen molar-refractivity contribution >= 4 is 11.5 Å². The molecule has 0 spiro atoms. The van der Waals surface area contributed by atoms with Gasteiger partial charge >= 0.3 is 0 Å². The number of rotatable bonds is 6. The first-order valence-corrected chi connectivity index (χ1v) is 10.2. The third kappa shape index (κ3) is 4.90. The number of para-hydroxylation sites is 1. The Morgan fingerprint density at radius 3 is 2.40 bits per heavy atom. The molecule has 0 bridgehead atoms. The number of amides is 1. The highest BCUT2D eigenvalue weighted by molar-refractivity contribution is 5.79. The summed E-state index contributed by atoms with van der Waals surface area (Å²) in [5.41, 5.74) is 4.58. The molecular weight excluding hydrogens is 374 g/mol. The maximum atomic E-state index is 12.7. The topological polar surface area (TPSA) is 49.8 Å². The number of hydrogen-bond acceptors (Lipinski definition) is 3. The van der Waals surface area contributed by atoms with Gasteiger partial charge < -0.3 is 14.7 Å². The van der Waals surface area contributed by atoms with Crippen LogP contribution in [0.1, 0.15) is 23.1 Å². The molecule has 1 amide bonds. The molecule has 0 fully saturated rings. The summed E-state index contributed by atoms with van der Waals surface area (Å²) in [5.74, 6) is 1.01. The zero-order valence-electron chi connectivity index (χ0n) is 16.8. The lowest BCUT2D eigenvalue weighted by Crippen LogP contribution is -2.37. The number of benzene rings is 3. The van der Waals surface area contributed by atoms with Gasteiger partial charge in [-0.25, -0.2) is 0 Å². The van der Waals surface area contributed by atoms with Gasteiger partial charge in [-0.3, -0.25) is 4.79 Å². The molecule has 0 saturated carbocycles. The lowest BCUT2D eigenvalue weighted by Gasteiger charge is -2.27. The summed E-state index contributed by atoms with van der Waals surface area (Å²) in [6.07, 6.45) is 3.64. The number of ether oxygens (including phenoxy) is 1. The Morgan fingerprint density at radius 1 is 0.933 bits per heavy atom. The van der Waals surface area contributed by atoms with Crippen LogP contribution in [0.5, 0.6) is 11.5 Å². The Bertz CT molecular complexity index is 1030. The predicted octanol–water partition coefficient (Wildman–Crippen LogP) is 4.68. The molecule has 0 radical (unpaired) electrons. The number of phenolic OH excluding ortho intramolecular Hbond substituents is 1. The third-order valence-electron chi connectivity index (χ3n) is 5.36. The first kappa shape index (κ1) is 19.8. The van der Waals surface area contributed by atoms with Crippen LogP contribution in [0.2, 0.25) is 0 Å². The second-order valence-corrected chi connectivity index (χ2v) is 7.42. The second kappa shape index (κ2) is 9.31. The fourth-order valence-electron chi connectivity index (χ4n) is 3.67. The highest BCUT2D eigenvalue weighted by Gasteiger charge is 2.19. The zero-order chi connectivity index (χ0) is 20.8. The first-order valence-electron chi connectivity index (χ1n) is 10.2. The van der Waals surface area contributed by atoms with Crippen LogP contribution in [0, 0.1) is 0 Å². The van der Waals surface area contributed by atoms with Crippen molar-refractivity contribution in [3.8, 4) is 11.5 Å². The van der Waals surface area contributed by atoms with Crippen LogP contribution in [-0.4, -0.2) is 35.6 Å². The smallest absolute Gasteiger partial charge is 0.260 e. The highest BCUT2D eigenvalue weighted by Crippen LogP contribution is 2.25. The molecule has 3 aromatic rings. The summed E-state index contributed by atoms with van der Waals surface area (Å²) in [5, 5.41) is 9.44. The van der Waals surface area contributed by atoms with Gasteiger partial charge in [0.15, 0.2) is 6.61 Å². The molecule has 0 aromatic heterocycles. The average Bonchev–Trinajstić information content (AvgIpc) is 2.80. The third-order valence-corrected chi connectivity index (χ3v) is 5.36. The Hall–Kier alpha value is -3.53. The summed E-state index contributed by atoms with van der Waals surface area (Å²) < 4.78 is 5.91. The van der Waals surface area contributed by atoms with E-state index in [0.717, 1.165) is 29.7 Å². The van der Waals surface area contributed by atoms with Crippen LogP contribution in [0.4, 0.5) is 0 Å². The monoisotopic (exact) mass is 399 g/mol. The van der Waals surface area contributed by atoms with E-state index in [1.165, 1.54) is 11.1 Å². The van der Waals surface area contributed by atoms with E-state index in [9.17, 15) is 9.90 Å². The lowest BCUT2D eigenvalue weighted by molar-refractivity contribution is -0.132. The van der Waals surface area contributed by atoms with E-state index in [1.807, 2.05) is 59.5 Å². The van der Waals surface area contributed by atoms with Crippen molar-refractivity contribution in [3.05, 3.63) is 102 Å². The van der Waals surface area contributed by atoms with Crippen LogP contribution in [0.3, 0.4) is 0 Å². The van der Waals surface area contributed by atoms with E-state index in [0.29, 0.717) is 13.1 Å².